The number of carbonyl (C=O) groups is 1. The minimum Gasteiger partial charge on any atom is -0.325 e. The highest BCUT2D eigenvalue weighted by atomic mass is 32.2. The fourth-order valence-electron chi connectivity index (χ4n) is 3.17. The van der Waals surface area contributed by atoms with E-state index in [1.807, 2.05) is 31.2 Å². The van der Waals surface area contributed by atoms with Crippen LogP contribution in [0.3, 0.4) is 0 Å². The maximum Gasteiger partial charge on any atom is 0.416 e. The van der Waals surface area contributed by atoms with Crippen molar-refractivity contribution in [2.45, 2.75) is 36.5 Å². The van der Waals surface area contributed by atoms with Gasteiger partial charge in [0, 0.05) is 5.69 Å². The predicted octanol–water partition coefficient (Wildman–Crippen LogP) is 4.31. The molecule has 30 heavy (non-hydrogen) atoms. The molecule has 2 heterocycles. The highest BCUT2D eigenvalue weighted by Gasteiger charge is 2.38. The Hall–Kier alpha value is -3.01. The monoisotopic (exact) mass is 433 g/mol. The number of anilines is 1. The van der Waals surface area contributed by atoms with Crippen LogP contribution in [-0.4, -0.2) is 26.0 Å². The highest BCUT2D eigenvalue weighted by Crippen LogP contribution is 2.38. The van der Waals surface area contributed by atoms with Crippen molar-refractivity contribution >= 4 is 23.4 Å². The van der Waals surface area contributed by atoms with Gasteiger partial charge in [0.25, 0.3) is 0 Å². The number of fused-ring (bicyclic) bond motifs is 1. The van der Waals surface area contributed by atoms with Gasteiger partial charge in [-0.1, -0.05) is 47.7 Å². The zero-order valence-corrected chi connectivity index (χ0v) is 16.9. The molecule has 1 amide bonds. The zero-order valence-electron chi connectivity index (χ0n) is 16.1. The second-order valence-corrected chi connectivity index (χ2v) is 8.10. The number of hydrogen-bond acceptors (Lipinski definition) is 5. The molecule has 0 saturated carbocycles. The fourth-order valence-corrected chi connectivity index (χ4v) is 4.30. The summed E-state index contributed by atoms with van der Waals surface area (Å²) < 4.78 is 40.7. The van der Waals surface area contributed by atoms with Gasteiger partial charge in [-0.3, -0.25) is 4.79 Å². The quantitative estimate of drug-likeness (QED) is 0.644. The van der Waals surface area contributed by atoms with Gasteiger partial charge in [-0.05, 0) is 37.6 Å². The number of benzene rings is 2. The van der Waals surface area contributed by atoms with Gasteiger partial charge in [0.1, 0.15) is 11.1 Å². The number of aromatic nitrogens is 3. The normalized spacial score (nSPS) is 18.4. The molecule has 0 spiro atoms. The third-order valence-electron chi connectivity index (χ3n) is 4.75. The topological polar surface area (TPSA) is 71.8 Å². The lowest BCUT2D eigenvalue weighted by Gasteiger charge is -2.32. The number of thioether (sulfide) groups is 1. The second-order valence-electron chi connectivity index (χ2n) is 6.99. The number of rotatable bonds is 3. The van der Waals surface area contributed by atoms with Crippen molar-refractivity contribution < 1.29 is 18.0 Å². The Kier molecular flexibility index (Phi) is 5.19. The lowest BCUT2D eigenvalue weighted by molar-refractivity contribution is -0.137. The molecule has 1 aliphatic heterocycles. The van der Waals surface area contributed by atoms with Crippen molar-refractivity contribution in [2.75, 3.05) is 10.7 Å². The molecule has 6 nitrogen and oxygen atoms in total. The minimum absolute atomic E-state index is 0.0845. The maximum atomic E-state index is 13.1. The fraction of sp³-hybridized carbons (Fsp3) is 0.250. The number of amides is 1. The van der Waals surface area contributed by atoms with E-state index in [-0.39, 0.29) is 5.69 Å². The average Bonchev–Trinajstić information content (AvgIpc) is 3.07. The molecular weight excluding hydrogens is 415 g/mol. The van der Waals surface area contributed by atoms with Crippen LogP contribution in [0.2, 0.25) is 0 Å². The number of halogens is 3. The van der Waals surface area contributed by atoms with E-state index in [0.717, 1.165) is 23.3 Å². The van der Waals surface area contributed by atoms with E-state index < -0.39 is 28.9 Å². The Labute approximate surface area is 174 Å². The van der Waals surface area contributed by atoms with E-state index in [9.17, 15) is 18.0 Å². The zero-order chi connectivity index (χ0) is 21.5. The smallest absolute Gasteiger partial charge is 0.325 e. The van der Waals surface area contributed by atoms with Gasteiger partial charge in [-0.15, -0.1) is 10.2 Å². The summed E-state index contributed by atoms with van der Waals surface area (Å²) in [5.41, 5.74) is 4.48. The van der Waals surface area contributed by atoms with Gasteiger partial charge in [0.05, 0.1) is 11.6 Å². The molecule has 1 aromatic heterocycles. The molecule has 0 saturated heterocycles. The summed E-state index contributed by atoms with van der Waals surface area (Å²) in [5.74, 6) is 0.218. The Balaban J connectivity index is 1.64. The van der Waals surface area contributed by atoms with E-state index in [2.05, 4.69) is 20.9 Å². The Morgan fingerprint density at radius 1 is 1.13 bits per heavy atom. The van der Waals surface area contributed by atoms with Crippen LogP contribution in [0.15, 0.2) is 53.7 Å². The van der Waals surface area contributed by atoms with E-state index in [4.69, 9.17) is 0 Å². The molecule has 4 rings (SSSR count). The van der Waals surface area contributed by atoms with Crippen LogP contribution in [0.25, 0.3) is 0 Å². The summed E-state index contributed by atoms with van der Waals surface area (Å²) in [7, 11) is 0. The summed E-state index contributed by atoms with van der Waals surface area (Å²) in [5, 5.41) is 10.6. The molecule has 1 aliphatic rings. The van der Waals surface area contributed by atoms with E-state index in [1.54, 1.807) is 11.6 Å². The Morgan fingerprint density at radius 3 is 2.57 bits per heavy atom. The molecule has 0 radical (unpaired) electrons. The van der Waals surface area contributed by atoms with E-state index in [0.29, 0.717) is 11.0 Å². The number of nitrogens with zero attached hydrogens (tertiary/aromatic N) is 3. The standard InChI is InChI=1S/C20H18F3N5OS/c1-11-6-8-13(9-7-11)16-17(30-19-26-25-12(2)28(19)27-16)18(29)24-15-5-3-4-14(10-15)20(21,22)23/h3-10,16-17,27H,1-2H3,(H,24,29). The van der Waals surface area contributed by atoms with E-state index in [1.165, 1.54) is 23.9 Å². The van der Waals surface area contributed by atoms with Crippen LogP contribution < -0.4 is 10.7 Å². The summed E-state index contributed by atoms with van der Waals surface area (Å²) in [6.45, 7) is 3.76. The summed E-state index contributed by atoms with van der Waals surface area (Å²) in [6.07, 6.45) is -4.49. The number of carbonyl (C=O) groups excluding carboxylic acids is 1. The van der Waals surface area contributed by atoms with Crippen LogP contribution >= 0.6 is 11.8 Å². The summed E-state index contributed by atoms with van der Waals surface area (Å²) >= 11 is 1.21. The first kappa shape index (κ1) is 20.3. The average molecular weight is 433 g/mol. The molecule has 10 heteroatoms. The van der Waals surface area contributed by atoms with E-state index >= 15 is 0 Å². The van der Waals surface area contributed by atoms with Crippen LogP contribution in [0.5, 0.6) is 0 Å². The first-order valence-corrected chi connectivity index (χ1v) is 10.0. The molecule has 2 unspecified atom stereocenters. The molecule has 0 bridgehead atoms. The molecule has 0 fully saturated rings. The van der Waals surface area contributed by atoms with Crippen molar-refractivity contribution in [3.05, 3.63) is 71.0 Å². The van der Waals surface area contributed by atoms with Gasteiger partial charge in [-0.2, -0.15) is 13.2 Å². The SMILES string of the molecule is Cc1ccc(C2Nn3c(C)nnc3SC2C(=O)Nc2cccc(C(F)(F)F)c2)cc1. The summed E-state index contributed by atoms with van der Waals surface area (Å²) in [4.78, 5) is 13.1. The van der Waals surface area contributed by atoms with Gasteiger partial charge in [-0.25, -0.2) is 4.68 Å². The van der Waals surface area contributed by atoms with Gasteiger partial charge >= 0.3 is 6.18 Å². The molecule has 156 valence electrons. The molecule has 2 atom stereocenters. The van der Waals surface area contributed by atoms with Gasteiger partial charge < -0.3 is 10.7 Å². The number of nitrogens with one attached hydrogen (secondary N) is 2. The van der Waals surface area contributed by atoms with Crippen LogP contribution in [0.4, 0.5) is 18.9 Å². The molecule has 2 N–H and O–H groups in total. The first-order chi connectivity index (χ1) is 14.2. The van der Waals surface area contributed by atoms with Crippen molar-refractivity contribution in [3.8, 4) is 0 Å². The van der Waals surface area contributed by atoms with Crippen LogP contribution in [-0.2, 0) is 11.0 Å². The lowest BCUT2D eigenvalue weighted by Crippen LogP contribution is -2.41. The van der Waals surface area contributed by atoms with Crippen LogP contribution in [0, 0.1) is 13.8 Å². The molecular formula is C20H18F3N5OS. The number of aryl methyl sites for hydroxylation is 2. The Morgan fingerprint density at radius 2 is 1.87 bits per heavy atom. The molecule has 3 aromatic rings. The lowest BCUT2D eigenvalue weighted by atomic mass is 10.0. The molecule has 2 aromatic carbocycles. The largest absolute Gasteiger partial charge is 0.416 e. The maximum absolute atomic E-state index is 13.1. The van der Waals surface area contributed by atoms with Crippen molar-refractivity contribution in [1.29, 1.82) is 0 Å². The number of hydrogen-bond donors (Lipinski definition) is 2. The van der Waals surface area contributed by atoms with Crippen molar-refractivity contribution in [1.82, 2.24) is 14.9 Å². The highest BCUT2D eigenvalue weighted by molar-refractivity contribution is 8.00. The number of alkyl halides is 3. The summed E-state index contributed by atoms with van der Waals surface area (Å²) in [6, 6.07) is 11.9. The first-order valence-electron chi connectivity index (χ1n) is 9.12. The third kappa shape index (κ3) is 4.00. The van der Waals surface area contributed by atoms with Crippen LogP contribution in [0.1, 0.15) is 28.6 Å². The van der Waals surface area contributed by atoms with Gasteiger partial charge in [0.2, 0.25) is 11.1 Å². The van der Waals surface area contributed by atoms with Gasteiger partial charge in [0.15, 0.2) is 0 Å². The predicted molar refractivity (Wildman–Crippen MR) is 108 cm³/mol. The van der Waals surface area contributed by atoms with Crippen molar-refractivity contribution in [2.24, 2.45) is 0 Å². The molecule has 0 aliphatic carbocycles. The third-order valence-corrected chi connectivity index (χ3v) is 5.97. The Bertz CT molecular complexity index is 1080. The van der Waals surface area contributed by atoms with Crippen molar-refractivity contribution in [3.63, 3.8) is 0 Å². The second kappa shape index (κ2) is 7.67. The minimum atomic E-state index is -4.49.